The number of carbonyl (C=O) groups excluding carboxylic acids is 2. The molecule has 1 aliphatic rings. The largest absolute Gasteiger partial charge is 0.352 e. The molecule has 0 aliphatic carbocycles. The van der Waals surface area contributed by atoms with Gasteiger partial charge in [0.25, 0.3) is 0 Å². The zero-order valence-electron chi connectivity index (χ0n) is 13.3. The molecular formula is C17H24N2O2. The minimum atomic E-state index is -0.506. The third-order valence-corrected chi connectivity index (χ3v) is 3.57. The van der Waals surface area contributed by atoms with Gasteiger partial charge in [-0.2, -0.15) is 0 Å². The predicted molar refractivity (Wildman–Crippen MR) is 82.7 cm³/mol. The van der Waals surface area contributed by atoms with Gasteiger partial charge in [0.2, 0.25) is 11.8 Å². The van der Waals surface area contributed by atoms with Gasteiger partial charge in [-0.05, 0) is 17.9 Å². The second-order valence-corrected chi connectivity index (χ2v) is 6.93. The second-order valence-electron chi connectivity index (χ2n) is 6.93. The summed E-state index contributed by atoms with van der Waals surface area (Å²) in [6.07, 6.45) is 0.447. The number of rotatable bonds is 2. The van der Waals surface area contributed by atoms with Gasteiger partial charge in [0, 0.05) is 19.5 Å². The highest BCUT2D eigenvalue weighted by Gasteiger charge is 2.35. The summed E-state index contributed by atoms with van der Waals surface area (Å²) in [6, 6.07) is 7.31. The molecule has 0 saturated carbocycles. The van der Waals surface area contributed by atoms with E-state index in [0.29, 0.717) is 19.5 Å². The highest BCUT2D eigenvalue weighted by Crippen LogP contribution is 2.28. The molecule has 1 atom stereocenters. The molecule has 1 unspecified atom stereocenters. The fraction of sp³-hybridized carbons (Fsp3) is 0.529. The summed E-state index contributed by atoms with van der Waals surface area (Å²) in [5.41, 5.74) is 1.89. The molecule has 1 N–H and O–H groups in total. The van der Waals surface area contributed by atoms with E-state index in [0.717, 1.165) is 11.1 Å². The summed E-state index contributed by atoms with van der Waals surface area (Å²) in [4.78, 5) is 26.6. The van der Waals surface area contributed by atoms with Crippen LogP contribution in [0.1, 0.15) is 44.4 Å². The first-order valence-electron chi connectivity index (χ1n) is 7.42. The van der Waals surface area contributed by atoms with Crippen molar-refractivity contribution < 1.29 is 9.59 Å². The summed E-state index contributed by atoms with van der Waals surface area (Å²) in [6.45, 7) is 9.20. The maximum atomic E-state index is 12.6. The molecule has 1 aromatic carbocycles. The Morgan fingerprint density at radius 2 is 2.10 bits per heavy atom. The van der Waals surface area contributed by atoms with E-state index >= 15 is 0 Å². The Bertz CT molecular complexity index is 546. The van der Waals surface area contributed by atoms with Crippen molar-refractivity contribution >= 4 is 11.8 Å². The average molecular weight is 288 g/mol. The summed E-state index contributed by atoms with van der Waals surface area (Å²) in [7, 11) is 0. The minimum Gasteiger partial charge on any atom is -0.352 e. The zero-order valence-corrected chi connectivity index (χ0v) is 13.3. The number of hydrogen-bond donors (Lipinski definition) is 1. The molecule has 4 heteroatoms. The van der Waals surface area contributed by atoms with Crippen LogP contribution in [0.5, 0.6) is 0 Å². The minimum absolute atomic E-state index is 0.0452. The monoisotopic (exact) mass is 288 g/mol. The fourth-order valence-corrected chi connectivity index (χ4v) is 2.66. The van der Waals surface area contributed by atoms with Crippen molar-refractivity contribution in [3.63, 3.8) is 0 Å². The van der Waals surface area contributed by atoms with E-state index in [1.54, 1.807) is 4.90 Å². The number of amides is 2. The molecule has 1 heterocycles. The molecule has 4 nitrogen and oxygen atoms in total. The Morgan fingerprint density at radius 1 is 1.38 bits per heavy atom. The first-order valence-corrected chi connectivity index (χ1v) is 7.42. The Balaban J connectivity index is 2.29. The van der Waals surface area contributed by atoms with E-state index in [9.17, 15) is 9.59 Å². The van der Waals surface area contributed by atoms with Gasteiger partial charge in [0.05, 0.1) is 0 Å². The molecule has 21 heavy (non-hydrogen) atoms. The van der Waals surface area contributed by atoms with Gasteiger partial charge < -0.3 is 10.2 Å². The second kappa shape index (κ2) is 5.88. The lowest BCUT2D eigenvalue weighted by Gasteiger charge is -2.37. The van der Waals surface area contributed by atoms with Crippen molar-refractivity contribution in [2.75, 3.05) is 13.1 Å². The molecule has 2 amide bonds. The first kappa shape index (κ1) is 15.5. The highest BCUT2D eigenvalue weighted by molar-refractivity contribution is 5.90. The maximum Gasteiger partial charge on any atom is 0.247 e. The van der Waals surface area contributed by atoms with Crippen LogP contribution in [0.4, 0.5) is 0 Å². The van der Waals surface area contributed by atoms with Crippen molar-refractivity contribution in [1.29, 1.82) is 0 Å². The van der Waals surface area contributed by atoms with Gasteiger partial charge >= 0.3 is 0 Å². The molecule has 1 fully saturated rings. The maximum absolute atomic E-state index is 12.6. The van der Waals surface area contributed by atoms with E-state index in [-0.39, 0.29) is 17.2 Å². The molecule has 1 aliphatic heterocycles. The van der Waals surface area contributed by atoms with Gasteiger partial charge in [-0.25, -0.2) is 0 Å². The van der Waals surface area contributed by atoms with Crippen LogP contribution >= 0.6 is 0 Å². The quantitative estimate of drug-likeness (QED) is 0.908. The van der Waals surface area contributed by atoms with Crippen LogP contribution in [-0.4, -0.2) is 29.8 Å². The zero-order chi connectivity index (χ0) is 15.6. The van der Waals surface area contributed by atoms with Crippen molar-refractivity contribution in [3.05, 3.63) is 35.4 Å². The number of nitrogens with zero attached hydrogens (tertiary/aromatic N) is 1. The van der Waals surface area contributed by atoms with Crippen LogP contribution < -0.4 is 5.32 Å². The molecule has 0 spiro atoms. The van der Waals surface area contributed by atoms with Crippen molar-refractivity contribution in [2.24, 2.45) is 5.41 Å². The van der Waals surface area contributed by atoms with Crippen molar-refractivity contribution in [1.82, 2.24) is 10.2 Å². The Morgan fingerprint density at radius 3 is 2.71 bits per heavy atom. The number of benzene rings is 1. The van der Waals surface area contributed by atoms with Crippen LogP contribution in [0.25, 0.3) is 0 Å². The van der Waals surface area contributed by atoms with Crippen LogP contribution in [0, 0.1) is 12.3 Å². The normalized spacial score (nSPS) is 19.3. The summed E-state index contributed by atoms with van der Waals surface area (Å²) in [5.74, 6) is -0.0436. The van der Waals surface area contributed by atoms with E-state index < -0.39 is 6.04 Å². The van der Waals surface area contributed by atoms with E-state index in [1.807, 2.05) is 52.0 Å². The molecule has 1 saturated heterocycles. The molecular weight excluding hydrogens is 264 g/mol. The van der Waals surface area contributed by atoms with E-state index in [4.69, 9.17) is 0 Å². The van der Waals surface area contributed by atoms with Crippen LogP contribution in [0.2, 0.25) is 0 Å². The fourth-order valence-electron chi connectivity index (χ4n) is 2.66. The Kier molecular flexibility index (Phi) is 4.35. The number of piperazine rings is 1. The lowest BCUT2D eigenvalue weighted by Crippen LogP contribution is -2.52. The smallest absolute Gasteiger partial charge is 0.247 e. The van der Waals surface area contributed by atoms with Gasteiger partial charge in [0.1, 0.15) is 6.04 Å². The first-order chi connectivity index (χ1) is 9.78. The molecule has 0 aromatic heterocycles. The Labute approximate surface area is 126 Å². The summed E-state index contributed by atoms with van der Waals surface area (Å²) in [5, 5.41) is 2.86. The number of hydrogen-bond acceptors (Lipinski definition) is 2. The van der Waals surface area contributed by atoms with Gasteiger partial charge in [0.15, 0.2) is 0 Å². The van der Waals surface area contributed by atoms with Crippen LogP contribution in [0.15, 0.2) is 24.3 Å². The average Bonchev–Trinajstić information content (AvgIpc) is 2.36. The molecule has 114 valence electrons. The van der Waals surface area contributed by atoms with E-state index in [2.05, 4.69) is 5.32 Å². The van der Waals surface area contributed by atoms with Crippen molar-refractivity contribution in [2.45, 2.75) is 40.2 Å². The molecule has 1 aromatic rings. The number of carbonyl (C=O) groups is 2. The topological polar surface area (TPSA) is 49.4 Å². The third-order valence-electron chi connectivity index (χ3n) is 3.57. The summed E-state index contributed by atoms with van der Waals surface area (Å²) >= 11 is 0. The molecule has 0 bridgehead atoms. The highest BCUT2D eigenvalue weighted by atomic mass is 16.2. The van der Waals surface area contributed by atoms with E-state index in [1.165, 1.54) is 0 Å². The third kappa shape index (κ3) is 3.84. The molecule has 0 radical (unpaired) electrons. The molecule has 2 rings (SSSR count). The number of nitrogens with one attached hydrogen (secondary N) is 1. The van der Waals surface area contributed by atoms with Crippen molar-refractivity contribution in [3.8, 4) is 0 Å². The predicted octanol–water partition coefficient (Wildman–Crippen LogP) is 2.43. The lowest BCUT2D eigenvalue weighted by atomic mass is 9.90. The van der Waals surface area contributed by atoms with Gasteiger partial charge in [-0.1, -0.05) is 50.6 Å². The SMILES string of the molecule is Cc1cccc(C2C(=O)NCCN2C(=O)CC(C)(C)C)c1. The van der Waals surface area contributed by atoms with Crippen LogP contribution in [0.3, 0.4) is 0 Å². The standard InChI is InChI=1S/C17H24N2O2/c1-12-6-5-7-13(10-12)15-16(21)18-8-9-19(15)14(20)11-17(2,3)4/h5-7,10,15H,8-9,11H2,1-4H3,(H,18,21). The summed E-state index contributed by atoms with van der Waals surface area (Å²) < 4.78 is 0. The van der Waals surface area contributed by atoms with Gasteiger partial charge in [-0.15, -0.1) is 0 Å². The Hall–Kier alpha value is -1.84. The van der Waals surface area contributed by atoms with Crippen LogP contribution in [-0.2, 0) is 9.59 Å². The lowest BCUT2D eigenvalue weighted by molar-refractivity contribution is -0.144. The number of aryl methyl sites for hydroxylation is 1. The van der Waals surface area contributed by atoms with Gasteiger partial charge in [-0.3, -0.25) is 9.59 Å².